The number of hydrogen-bond donors (Lipinski definition) is 3. The van der Waals surface area contributed by atoms with E-state index in [4.69, 9.17) is 37.0 Å². The molecule has 554 valence electrons. The van der Waals surface area contributed by atoms with Crippen LogP contribution in [0.4, 0.5) is 0 Å². The monoisotopic (exact) mass is 1380 g/mol. The Morgan fingerprint density at radius 3 is 0.872 bits per heavy atom. The van der Waals surface area contributed by atoms with Gasteiger partial charge in [-0.3, -0.25) is 37.3 Å². The molecule has 19 heteroatoms. The van der Waals surface area contributed by atoms with Crippen LogP contribution in [0, 0.1) is 11.8 Å². The molecule has 0 aromatic rings. The van der Waals surface area contributed by atoms with Gasteiger partial charge in [0.15, 0.2) is 12.2 Å². The molecule has 0 aromatic carbocycles. The van der Waals surface area contributed by atoms with Crippen molar-refractivity contribution in [3.05, 3.63) is 24.3 Å². The summed E-state index contributed by atoms with van der Waals surface area (Å²) < 4.78 is 68.4. The second-order valence-electron chi connectivity index (χ2n) is 27.3. The van der Waals surface area contributed by atoms with Crippen molar-refractivity contribution in [1.29, 1.82) is 0 Å². The van der Waals surface area contributed by atoms with E-state index in [1.165, 1.54) is 154 Å². The molecule has 0 heterocycles. The van der Waals surface area contributed by atoms with E-state index in [0.717, 1.165) is 121 Å². The number of carbonyl (C=O) groups excluding carboxylic acids is 4. The van der Waals surface area contributed by atoms with Crippen LogP contribution in [0.5, 0.6) is 0 Å². The second kappa shape index (κ2) is 66.4. The molecule has 0 aliphatic rings. The maximum absolute atomic E-state index is 13.1. The number of esters is 4. The molecule has 0 fully saturated rings. The summed E-state index contributed by atoms with van der Waals surface area (Å²) in [5.74, 6) is -0.670. The number of phosphoric acid groups is 2. The van der Waals surface area contributed by atoms with Crippen molar-refractivity contribution in [2.45, 2.75) is 381 Å². The van der Waals surface area contributed by atoms with E-state index in [0.29, 0.717) is 31.6 Å². The van der Waals surface area contributed by atoms with Crippen molar-refractivity contribution in [3.8, 4) is 0 Å². The lowest BCUT2D eigenvalue weighted by molar-refractivity contribution is -0.161. The van der Waals surface area contributed by atoms with Crippen LogP contribution in [-0.2, 0) is 65.4 Å². The number of aliphatic hydroxyl groups excluding tert-OH is 1. The van der Waals surface area contributed by atoms with Gasteiger partial charge in [0.1, 0.15) is 19.3 Å². The van der Waals surface area contributed by atoms with Crippen LogP contribution in [-0.4, -0.2) is 96.7 Å². The van der Waals surface area contributed by atoms with Crippen LogP contribution >= 0.6 is 15.6 Å². The van der Waals surface area contributed by atoms with Crippen LogP contribution in [0.3, 0.4) is 0 Å². The summed E-state index contributed by atoms with van der Waals surface area (Å²) in [5.41, 5.74) is 0. The SMILES string of the molecule is CCCCCC/C=C\C=C/CCCCCCCC(=O)OC[C@H](COP(=O)(O)OC[C@@H](O)COP(=O)(O)OC[C@@H](COC(=O)CCCCCCCCC(C)C)OC(=O)CCCCCCCCCCCCCC)OC(=O)CCCCCCCCCCCCCCCCCC(C)C. The van der Waals surface area contributed by atoms with Gasteiger partial charge in [0.05, 0.1) is 26.4 Å². The third-order valence-corrected chi connectivity index (χ3v) is 18.7. The fourth-order valence-electron chi connectivity index (χ4n) is 10.9. The minimum Gasteiger partial charge on any atom is -0.462 e. The Morgan fingerprint density at radius 2 is 0.574 bits per heavy atom. The van der Waals surface area contributed by atoms with Crippen molar-refractivity contribution in [2.75, 3.05) is 39.6 Å². The van der Waals surface area contributed by atoms with E-state index in [1.54, 1.807) is 0 Å². The predicted octanol–water partition coefficient (Wildman–Crippen LogP) is 21.5. The molecule has 0 amide bonds. The summed E-state index contributed by atoms with van der Waals surface area (Å²) in [6.45, 7) is 9.46. The van der Waals surface area contributed by atoms with Crippen molar-refractivity contribution in [3.63, 3.8) is 0 Å². The number of ether oxygens (including phenoxy) is 4. The molecule has 3 N–H and O–H groups in total. The number of hydrogen-bond acceptors (Lipinski definition) is 15. The summed E-state index contributed by atoms with van der Waals surface area (Å²) in [4.78, 5) is 72.7. The number of phosphoric ester groups is 2. The average molecular weight is 1380 g/mol. The third kappa shape index (κ3) is 68.1. The summed E-state index contributed by atoms with van der Waals surface area (Å²) in [7, 11) is -9.92. The van der Waals surface area contributed by atoms with Gasteiger partial charge in [-0.05, 0) is 63.2 Å². The minimum atomic E-state index is -4.96. The molecule has 0 bridgehead atoms. The minimum absolute atomic E-state index is 0.101. The predicted molar refractivity (Wildman–Crippen MR) is 381 cm³/mol. The average Bonchev–Trinajstić information content (AvgIpc) is 1.17. The molecule has 2 unspecified atom stereocenters. The Morgan fingerprint density at radius 1 is 0.330 bits per heavy atom. The first-order valence-corrected chi connectivity index (χ1v) is 41.3. The molecule has 17 nitrogen and oxygen atoms in total. The Hall–Kier alpha value is -2.46. The van der Waals surface area contributed by atoms with E-state index >= 15 is 0 Å². The van der Waals surface area contributed by atoms with Gasteiger partial charge in [0.2, 0.25) is 0 Å². The lowest BCUT2D eigenvalue weighted by Gasteiger charge is -2.21. The van der Waals surface area contributed by atoms with Gasteiger partial charge in [0.25, 0.3) is 0 Å². The van der Waals surface area contributed by atoms with Crippen LogP contribution in [0.25, 0.3) is 0 Å². The standard InChI is InChI=1S/C75H142O17P2/c1-7-9-11-13-15-17-19-21-23-27-31-34-38-45-51-57-72(77)85-63-70(91-75(80)60-54-48-40-36-32-28-25-22-24-26-29-33-37-43-49-55-67(3)4)65-89-93(81,82)87-61-69(76)62-88-94(83,84)90-66-71(64-86-73(78)58-52-46-42-41-44-50-56-68(5)6)92-74(79)59-53-47-39-35-30-20-18-16-14-12-10-8-2/h17,19,21,23,67-71,76H,7-16,18,20,22,24-66H2,1-6H3,(H,81,82)(H,83,84)/b19-17-,23-21-/t69-,70-,71-/m1/s1. The smallest absolute Gasteiger partial charge is 0.462 e. The maximum Gasteiger partial charge on any atom is 0.472 e. The summed E-state index contributed by atoms with van der Waals surface area (Å²) in [6.07, 6.45) is 56.4. The van der Waals surface area contributed by atoms with Gasteiger partial charge in [-0.25, -0.2) is 9.13 Å². The first kappa shape index (κ1) is 91.5. The fourth-order valence-corrected chi connectivity index (χ4v) is 12.5. The molecular weight excluding hydrogens is 1230 g/mol. The first-order chi connectivity index (χ1) is 45.4. The summed E-state index contributed by atoms with van der Waals surface area (Å²) in [6, 6.07) is 0. The Kier molecular flexibility index (Phi) is 64.7. The molecule has 0 aliphatic carbocycles. The highest BCUT2D eigenvalue weighted by molar-refractivity contribution is 7.47. The van der Waals surface area contributed by atoms with E-state index < -0.39 is 97.5 Å². The van der Waals surface area contributed by atoms with Gasteiger partial charge in [-0.1, -0.05) is 310 Å². The van der Waals surface area contributed by atoms with Crippen molar-refractivity contribution >= 4 is 39.5 Å². The molecule has 0 rings (SSSR count). The van der Waals surface area contributed by atoms with Crippen LogP contribution in [0.15, 0.2) is 24.3 Å². The fraction of sp³-hybridized carbons (Fsp3) is 0.893. The number of allylic oxidation sites excluding steroid dienone is 4. The number of rotatable bonds is 72. The molecule has 0 saturated heterocycles. The topological polar surface area (TPSA) is 237 Å². The lowest BCUT2D eigenvalue weighted by atomic mass is 10.0. The van der Waals surface area contributed by atoms with E-state index in [1.807, 2.05) is 0 Å². The zero-order valence-corrected chi connectivity index (χ0v) is 62.5. The Balaban J connectivity index is 5.26. The van der Waals surface area contributed by atoms with Gasteiger partial charge in [-0.15, -0.1) is 0 Å². The summed E-state index contributed by atoms with van der Waals surface area (Å²) in [5, 5.41) is 10.6. The second-order valence-corrected chi connectivity index (χ2v) is 30.2. The molecule has 0 spiro atoms. The Bertz CT molecular complexity index is 1910. The number of unbranched alkanes of at least 4 members (excludes halogenated alkanes) is 39. The van der Waals surface area contributed by atoms with Gasteiger partial charge < -0.3 is 33.8 Å². The quantitative estimate of drug-likeness (QED) is 0.0169. The molecule has 94 heavy (non-hydrogen) atoms. The lowest BCUT2D eigenvalue weighted by Crippen LogP contribution is -2.30. The Labute approximate surface area is 573 Å². The zero-order valence-electron chi connectivity index (χ0n) is 60.7. The van der Waals surface area contributed by atoms with Crippen molar-refractivity contribution in [1.82, 2.24) is 0 Å². The third-order valence-electron chi connectivity index (χ3n) is 16.8. The molecule has 0 radical (unpaired) electrons. The van der Waals surface area contributed by atoms with Crippen LogP contribution < -0.4 is 0 Å². The molecule has 5 atom stereocenters. The maximum atomic E-state index is 13.1. The normalized spacial score (nSPS) is 14.2. The van der Waals surface area contributed by atoms with E-state index in [2.05, 4.69) is 65.8 Å². The summed E-state index contributed by atoms with van der Waals surface area (Å²) >= 11 is 0. The van der Waals surface area contributed by atoms with Crippen LogP contribution in [0.2, 0.25) is 0 Å². The van der Waals surface area contributed by atoms with Crippen molar-refractivity contribution < 1.29 is 80.2 Å². The van der Waals surface area contributed by atoms with Gasteiger partial charge in [-0.2, -0.15) is 0 Å². The largest absolute Gasteiger partial charge is 0.472 e. The van der Waals surface area contributed by atoms with Gasteiger partial charge in [0, 0.05) is 25.7 Å². The molecular formula is C75H142O17P2. The highest BCUT2D eigenvalue weighted by Gasteiger charge is 2.30. The highest BCUT2D eigenvalue weighted by atomic mass is 31.2. The van der Waals surface area contributed by atoms with E-state index in [-0.39, 0.29) is 25.7 Å². The molecule has 0 aromatic heterocycles. The van der Waals surface area contributed by atoms with Crippen molar-refractivity contribution in [2.24, 2.45) is 11.8 Å². The van der Waals surface area contributed by atoms with E-state index in [9.17, 15) is 43.2 Å². The van der Waals surface area contributed by atoms with Crippen LogP contribution in [0.1, 0.15) is 363 Å². The molecule has 0 saturated carbocycles. The highest BCUT2D eigenvalue weighted by Crippen LogP contribution is 2.45. The zero-order chi connectivity index (χ0) is 69.3. The molecule has 0 aliphatic heterocycles. The first-order valence-electron chi connectivity index (χ1n) is 38.3. The number of aliphatic hydroxyl groups is 1. The number of carbonyl (C=O) groups is 4. The van der Waals surface area contributed by atoms with Gasteiger partial charge >= 0.3 is 39.5 Å².